The number of nitro groups is 1. The SMILES string of the molecule is CC(C)C1CCCN1C(=O)c1cc(O)ccc1[N+](=O)[O-]. The highest BCUT2D eigenvalue weighted by atomic mass is 16.6. The summed E-state index contributed by atoms with van der Waals surface area (Å²) in [6, 6.07) is 3.67. The van der Waals surface area contributed by atoms with Crippen LogP contribution in [-0.2, 0) is 0 Å². The van der Waals surface area contributed by atoms with Crippen LogP contribution in [0.4, 0.5) is 5.69 Å². The molecule has 1 saturated heterocycles. The van der Waals surface area contributed by atoms with Crippen molar-refractivity contribution in [1.82, 2.24) is 4.90 Å². The molecule has 0 bridgehead atoms. The highest BCUT2D eigenvalue weighted by molar-refractivity contribution is 5.98. The van der Waals surface area contributed by atoms with Crippen LogP contribution in [0, 0.1) is 16.0 Å². The van der Waals surface area contributed by atoms with Gasteiger partial charge in [0.05, 0.1) is 4.92 Å². The number of benzene rings is 1. The highest BCUT2D eigenvalue weighted by Gasteiger charge is 2.34. The molecular formula is C14H18N2O4. The monoisotopic (exact) mass is 278 g/mol. The van der Waals surface area contributed by atoms with Crippen molar-refractivity contribution in [3.8, 4) is 5.75 Å². The highest BCUT2D eigenvalue weighted by Crippen LogP contribution is 2.30. The van der Waals surface area contributed by atoms with Gasteiger partial charge in [0.25, 0.3) is 11.6 Å². The van der Waals surface area contributed by atoms with Gasteiger partial charge < -0.3 is 10.0 Å². The first-order valence-corrected chi connectivity index (χ1v) is 6.70. The van der Waals surface area contributed by atoms with Crippen LogP contribution in [0.1, 0.15) is 37.0 Å². The van der Waals surface area contributed by atoms with Gasteiger partial charge in [0.1, 0.15) is 11.3 Å². The molecular weight excluding hydrogens is 260 g/mol. The van der Waals surface area contributed by atoms with E-state index in [0.717, 1.165) is 12.8 Å². The smallest absolute Gasteiger partial charge is 0.282 e. The van der Waals surface area contributed by atoms with Crippen molar-refractivity contribution in [1.29, 1.82) is 0 Å². The second-order valence-electron chi connectivity index (χ2n) is 5.41. The fourth-order valence-corrected chi connectivity index (χ4v) is 2.75. The molecule has 2 rings (SSSR count). The van der Waals surface area contributed by atoms with Crippen molar-refractivity contribution in [3.05, 3.63) is 33.9 Å². The Bertz CT molecular complexity index is 542. The Morgan fingerprint density at radius 1 is 1.50 bits per heavy atom. The van der Waals surface area contributed by atoms with Gasteiger partial charge in [0, 0.05) is 18.7 Å². The number of carbonyl (C=O) groups is 1. The number of phenolic OH excluding ortho intramolecular Hbond substituents is 1. The van der Waals surface area contributed by atoms with Gasteiger partial charge in [-0.25, -0.2) is 0 Å². The van der Waals surface area contributed by atoms with Crippen molar-refractivity contribution >= 4 is 11.6 Å². The number of hydrogen-bond donors (Lipinski definition) is 1. The Kier molecular flexibility index (Phi) is 3.92. The molecule has 20 heavy (non-hydrogen) atoms. The third-order valence-electron chi connectivity index (χ3n) is 3.74. The van der Waals surface area contributed by atoms with Crippen LogP contribution >= 0.6 is 0 Å². The van der Waals surface area contributed by atoms with Gasteiger partial charge >= 0.3 is 0 Å². The van der Waals surface area contributed by atoms with Gasteiger partial charge in [-0.3, -0.25) is 14.9 Å². The Morgan fingerprint density at radius 3 is 2.80 bits per heavy atom. The summed E-state index contributed by atoms with van der Waals surface area (Å²) in [7, 11) is 0. The van der Waals surface area contributed by atoms with E-state index in [1.54, 1.807) is 4.90 Å². The predicted molar refractivity (Wildman–Crippen MR) is 73.7 cm³/mol. The Hall–Kier alpha value is -2.11. The number of hydrogen-bond acceptors (Lipinski definition) is 4. The number of phenols is 1. The van der Waals surface area contributed by atoms with E-state index in [9.17, 15) is 20.0 Å². The topological polar surface area (TPSA) is 83.7 Å². The first kappa shape index (κ1) is 14.3. The predicted octanol–water partition coefficient (Wildman–Crippen LogP) is 2.56. The molecule has 0 saturated carbocycles. The summed E-state index contributed by atoms with van der Waals surface area (Å²) in [6.07, 6.45) is 1.82. The van der Waals surface area contributed by atoms with Crippen LogP contribution in [-0.4, -0.2) is 33.4 Å². The normalized spacial score (nSPS) is 18.6. The summed E-state index contributed by atoms with van der Waals surface area (Å²) >= 11 is 0. The third kappa shape index (κ3) is 2.59. The van der Waals surface area contributed by atoms with E-state index in [1.807, 2.05) is 13.8 Å². The third-order valence-corrected chi connectivity index (χ3v) is 3.74. The van der Waals surface area contributed by atoms with Crippen LogP contribution < -0.4 is 0 Å². The molecule has 1 amide bonds. The summed E-state index contributed by atoms with van der Waals surface area (Å²) in [5.74, 6) is -0.208. The molecule has 1 unspecified atom stereocenters. The van der Waals surface area contributed by atoms with Gasteiger partial charge in [-0.1, -0.05) is 13.8 Å². The van der Waals surface area contributed by atoms with Crippen LogP contribution in [0.3, 0.4) is 0 Å². The number of rotatable bonds is 3. The molecule has 1 atom stereocenters. The Balaban J connectivity index is 2.38. The van der Waals surface area contributed by atoms with Crippen LogP contribution in [0.5, 0.6) is 5.75 Å². The average Bonchev–Trinajstić information content (AvgIpc) is 2.86. The Morgan fingerprint density at radius 2 is 2.20 bits per heavy atom. The zero-order valence-electron chi connectivity index (χ0n) is 11.6. The van der Waals surface area contributed by atoms with E-state index in [-0.39, 0.29) is 28.9 Å². The van der Waals surface area contributed by atoms with Gasteiger partial charge in [0.15, 0.2) is 0 Å². The maximum Gasteiger partial charge on any atom is 0.282 e. The minimum absolute atomic E-state index is 0.0393. The summed E-state index contributed by atoms with van der Waals surface area (Å²) < 4.78 is 0. The molecule has 108 valence electrons. The number of carbonyl (C=O) groups excluding carboxylic acids is 1. The summed E-state index contributed by atoms with van der Waals surface area (Å²) in [5.41, 5.74) is -0.301. The van der Waals surface area contributed by atoms with Gasteiger partial charge in [-0.2, -0.15) is 0 Å². The van der Waals surface area contributed by atoms with E-state index >= 15 is 0 Å². The minimum Gasteiger partial charge on any atom is -0.508 e. The van der Waals surface area contributed by atoms with E-state index < -0.39 is 4.92 Å². The van der Waals surface area contributed by atoms with Crippen LogP contribution in [0.25, 0.3) is 0 Å². The molecule has 1 fully saturated rings. The van der Waals surface area contributed by atoms with Crippen molar-refractivity contribution in [2.24, 2.45) is 5.92 Å². The number of nitro benzene ring substituents is 1. The van der Waals surface area contributed by atoms with Crippen molar-refractivity contribution in [2.45, 2.75) is 32.7 Å². The zero-order chi connectivity index (χ0) is 14.9. The molecule has 0 spiro atoms. The number of amides is 1. The average molecular weight is 278 g/mol. The largest absolute Gasteiger partial charge is 0.508 e. The van der Waals surface area contributed by atoms with Gasteiger partial charge in [0.2, 0.25) is 0 Å². The van der Waals surface area contributed by atoms with Crippen molar-refractivity contribution in [3.63, 3.8) is 0 Å². The van der Waals surface area contributed by atoms with Crippen LogP contribution in [0.15, 0.2) is 18.2 Å². The molecule has 1 N–H and O–H groups in total. The maximum atomic E-state index is 12.5. The van der Waals surface area contributed by atoms with Gasteiger partial charge in [-0.15, -0.1) is 0 Å². The lowest BCUT2D eigenvalue weighted by molar-refractivity contribution is -0.385. The van der Waals surface area contributed by atoms with E-state index in [2.05, 4.69) is 0 Å². The maximum absolute atomic E-state index is 12.5. The lowest BCUT2D eigenvalue weighted by Gasteiger charge is -2.27. The second-order valence-corrected chi connectivity index (χ2v) is 5.41. The summed E-state index contributed by atoms with van der Waals surface area (Å²) in [5, 5.41) is 20.5. The van der Waals surface area contributed by atoms with Gasteiger partial charge in [-0.05, 0) is 30.9 Å². The quantitative estimate of drug-likeness (QED) is 0.680. The lowest BCUT2D eigenvalue weighted by atomic mass is 10.0. The molecule has 1 aliphatic heterocycles. The molecule has 1 aromatic rings. The van der Waals surface area contributed by atoms with Crippen molar-refractivity contribution in [2.75, 3.05) is 6.54 Å². The molecule has 1 aromatic carbocycles. The molecule has 6 nitrogen and oxygen atoms in total. The summed E-state index contributed by atoms with van der Waals surface area (Å²) in [4.78, 5) is 24.7. The minimum atomic E-state index is -0.590. The fourth-order valence-electron chi connectivity index (χ4n) is 2.75. The second kappa shape index (κ2) is 5.48. The van der Waals surface area contributed by atoms with Crippen LogP contribution in [0.2, 0.25) is 0 Å². The molecule has 0 aliphatic carbocycles. The van der Waals surface area contributed by atoms with E-state index in [4.69, 9.17) is 0 Å². The molecule has 1 heterocycles. The number of likely N-dealkylation sites (tertiary alicyclic amines) is 1. The molecule has 0 aromatic heterocycles. The number of nitrogens with zero attached hydrogens (tertiary/aromatic N) is 2. The van der Waals surface area contributed by atoms with E-state index in [1.165, 1.54) is 18.2 Å². The van der Waals surface area contributed by atoms with Crippen molar-refractivity contribution < 1.29 is 14.8 Å². The van der Waals surface area contributed by atoms with E-state index in [0.29, 0.717) is 12.5 Å². The summed E-state index contributed by atoms with van der Waals surface area (Å²) in [6.45, 7) is 4.68. The lowest BCUT2D eigenvalue weighted by Crippen LogP contribution is -2.38. The zero-order valence-corrected chi connectivity index (χ0v) is 11.6. The molecule has 1 aliphatic rings. The Labute approximate surface area is 117 Å². The first-order valence-electron chi connectivity index (χ1n) is 6.70. The molecule has 0 radical (unpaired) electrons. The molecule has 6 heteroatoms. The number of aromatic hydroxyl groups is 1. The fraction of sp³-hybridized carbons (Fsp3) is 0.500. The standard InChI is InChI=1S/C14H18N2O4/c1-9(2)12-4-3-7-15(12)14(18)11-8-10(17)5-6-13(11)16(19)20/h5-6,8-9,12,17H,3-4,7H2,1-2H3. The first-order chi connectivity index (χ1) is 9.41.